The largest absolute Gasteiger partial charge is 0.298 e. The number of aldehydes is 1. The van der Waals surface area contributed by atoms with E-state index in [4.69, 9.17) is 16.2 Å². The first kappa shape index (κ1) is 15.5. The van der Waals surface area contributed by atoms with Gasteiger partial charge in [0, 0.05) is 26.8 Å². The molecule has 0 saturated carbocycles. The topological polar surface area (TPSA) is 100.0 Å². The third-order valence-electron chi connectivity index (χ3n) is 3.00. The van der Waals surface area contributed by atoms with Crippen LogP contribution in [-0.2, 0) is 14.8 Å². The molecule has 0 unspecified atom stereocenters. The smallest absolute Gasteiger partial charge is 0.236 e. The Balaban J connectivity index is 3.77. The molecular weight excluding hydrogens is 290 g/mol. The first-order valence-electron chi connectivity index (χ1n) is 5.28. The number of carbonyl (C=O) groups is 1. The molecule has 1 aromatic rings. The monoisotopic (exact) mass is 301 g/mol. The van der Waals surface area contributed by atoms with Gasteiger partial charge in [0.2, 0.25) is 9.05 Å². The van der Waals surface area contributed by atoms with Crippen LogP contribution in [0.5, 0.6) is 0 Å². The van der Waals surface area contributed by atoms with Gasteiger partial charge in [-0.05, 0) is 48.6 Å². The number of benzene rings is 1. The Kier molecular flexibility index (Phi) is 4.57. The van der Waals surface area contributed by atoms with E-state index in [2.05, 4.69) is 10.0 Å². The summed E-state index contributed by atoms with van der Waals surface area (Å²) in [5.41, 5.74) is 11.1. The van der Waals surface area contributed by atoms with Crippen LogP contribution in [0.1, 0.15) is 32.6 Å². The van der Waals surface area contributed by atoms with Crippen LogP contribution in [0.3, 0.4) is 0 Å². The Morgan fingerprint density at radius 1 is 1.26 bits per heavy atom. The molecule has 0 aliphatic carbocycles. The van der Waals surface area contributed by atoms with Crippen molar-refractivity contribution in [2.45, 2.75) is 26.5 Å². The molecule has 0 amide bonds. The Bertz CT molecular complexity index is 692. The van der Waals surface area contributed by atoms with Crippen molar-refractivity contribution in [2.24, 2.45) is 5.11 Å². The maximum Gasteiger partial charge on any atom is 0.236 e. The molecule has 6 nitrogen and oxygen atoms in total. The van der Waals surface area contributed by atoms with Gasteiger partial charge >= 0.3 is 0 Å². The fraction of sp³-hybridized carbons (Fsp3) is 0.364. The van der Waals surface area contributed by atoms with Gasteiger partial charge in [-0.3, -0.25) is 4.79 Å². The zero-order valence-electron chi connectivity index (χ0n) is 10.6. The molecule has 19 heavy (non-hydrogen) atoms. The molecule has 0 spiro atoms. The predicted molar refractivity (Wildman–Crippen MR) is 73.3 cm³/mol. The van der Waals surface area contributed by atoms with Gasteiger partial charge in [-0.1, -0.05) is 5.11 Å². The molecule has 0 aliphatic heterocycles. The number of azide groups is 1. The third-order valence-corrected chi connectivity index (χ3v) is 3.96. The van der Waals surface area contributed by atoms with Crippen molar-refractivity contribution < 1.29 is 13.2 Å². The highest BCUT2D eigenvalue weighted by Gasteiger charge is 2.19. The molecular formula is C11H12ClN3O3S. The maximum absolute atomic E-state index is 11.2. The summed E-state index contributed by atoms with van der Waals surface area (Å²) < 4.78 is 22.5. The highest BCUT2D eigenvalue weighted by atomic mass is 35.7. The molecule has 0 aromatic heterocycles. The van der Waals surface area contributed by atoms with Crippen LogP contribution in [0.4, 0.5) is 5.69 Å². The maximum atomic E-state index is 11.2. The van der Waals surface area contributed by atoms with Crippen LogP contribution in [0.15, 0.2) is 5.11 Å². The molecule has 102 valence electrons. The van der Waals surface area contributed by atoms with Gasteiger partial charge in [0.15, 0.2) is 6.29 Å². The van der Waals surface area contributed by atoms with Crippen molar-refractivity contribution in [3.63, 3.8) is 0 Å². The lowest BCUT2D eigenvalue weighted by atomic mass is 9.93. The number of rotatable bonds is 4. The molecule has 1 rings (SSSR count). The van der Waals surface area contributed by atoms with E-state index in [-0.39, 0.29) is 5.69 Å². The van der Waals surface area contributed by atoms with E-state index in [9.17, 15) is 13.2 Å². The summed E-state index contributed by atoms with van der Waals surface area (Å²) in [6.45, 7) is 4.92. The number of carbonyl (C=O) groups excluding carboxylic acids is 1. The van der Waals surface area contributed by atoms with E-state index in [0.717, 1.165) is 0 Å². The summed E-state index contributed by atoms with van der Waals surface area (Å²) in [5, 5.41) is 3.53. The van der Waals surface area contributed by atoms with E-state index >= 15 is 0 Å². The molecule has 0 aliphatic rings. The highest BCUT2D eigenvalue weighted by Crippen LogP contribution is 2.34. The van der Waals surface area contributed by atoms with E-state index in [0.29, 0.717) is 34.1 Å². The lowest BCUT2D eigenvalue weighted by Gasteiger charge is -2.16. The minimum atomic E-state index is -3.77. The molecule has 0 radical (unpaired) electrons. The summed E-state index contributed by atoms with van der Waals surface area (Å²) in [6, 6.07) is 0. The molecule has 0 saturated heterocycles. The van der Waals surface area contributed by atoms with Gasteiger partial charge < -0.3 is 0 Å². The zero-order chi connectivity index (χ0) is 14.8. The van der Waals surface area contributed by atoms with Gasteiger partial charge in [-0.2, -0.15) is 0 Å². The second-order valence-electron chi connectivity index (χ2n) is 4.11. The van der Waals surface area contributed by atoms with Gasteiger partial charge in [0.05, 0.1) is 5.75 Å². The van der Waals surface area contributed by atoms with E-state index in [1.165, 1.54) is 0 Å². The lowest BCUT2D eigenvalue weighted by Crippen LogP contribution is -2.05. The standard InChI is InChI=1S/C11H12ClN3O3S/c1-6-9(4-16)7(2)11(14-15-13)8(3)10(6)5-19(12,17)18/h4H,5H2,1-3H3. The number of hydrogen-bond acceptors (Lipinski definition) is 4. The normalized spacial score (nSPS) is 10.9. The Hall–Kier alpha value is -1.56. The van der Waals surface area contributed by atoms with Crippen molar-refractivity contribution in [3.05, 3.63) is 38.3 Å². The van der Waals surface area contributed by atoms with Crippen LogP contribution in [-0.4, -0.2) is 14.7 Å². The van der Waals surface area contributed by atoms with Crippen molar-refractivity contribution in [3.8, 4) is 0 Å². The van der Waals surface area contributed by atoms with Crippen molar-refractivity contribution in [1.82, 2.24) is 0 Å². The SMILES string of the molecule is Cc1c(C=O)c(C)c(N=[N+]=[N-])c(C)c1CS(=O)(=O)Cl. The first-order valence-corrected chi connectivity index (χ1v) is 7.76. The highest BCUT2D eigenvalue weighted by molar-refractivity contribution is 8.13. The zero-order valence-corrected chi connectivity index (χ0v) is 12.2. The van der Waals surface area contributed by atoms with E-state index in [1.54, 1.807) is 20.8 Å². The fourth-order valence-corrected chi connectivity index (χ4v) is 3.14. The van der Waals surface area contributed by atoms with Crippen LogP contribution >= 0.6 is 10.7 Å². The molecule has 0 heterocycles. The van der Waals surface area contributed by atoms with Crippen molar-refractivity contribution >= 4 is 31.7 Å². The van der Waals surface area contributed by atoms with Gasteiger partial charge in [-0.15, -0.1) is 0 Å². The second kappa shape index (κ2) is 5.61. The molecule has 0 bridgehead atoms. The Morgan fingerprint density at radius 2 is 1.84 bits per heavy atom. The van der Waals surface area contributed by atoms with Crippen LogP contribution in [0.2, 0.25) is 0 Å². The summed E-state index contributed by atoms with van der Waals surface area (Å²) in [4.78, 5) is 13.8. The molecule has 0 atom stereocenters. The Morgan fingerprint density at radius 3 is 2.26 bits per heavy atom. The second-order valence-corrected chi connectivity index (χ2v) is 6.88. The average molecular weight is 302 g/mol. The van der Waals surface area contributed by atoms with Crippen LogP contribution in [0, 0.1) is 20.8 Å². The third kappa shape index (κ3) is 3.26. The molecule has 0 N–H and O–H groups in total. The molecule has 8 heteroatoms. The van der Waals surface area contributed by atoms with Crippen molar-refractivity contribution in [2.75, 3.05) is 0 Å². The minimum Gasteiger partial charge on any atom is -0.298 e. The van der Waals surface area contributed by atoms with Crippen LogP contribution < -0.4 is 0 Å². The first-order chi connectivity index (χ1) is 8.72. The number of halogens is 1. The molecule has 0 fully saturated rings. The number of hydrogen-bond donors (Lipinski definition) is 0. The lowest BCUT2D eigenvalue weighted by molar-refractivity contribution is 0.112. The Labute approximate surface area is 115 Å². The molecule has 1 aromatic carbocycles. The fourth-order valence-electron chi connectivity index (χ4n) is 2.04. The minimum absolute atomic E-state index is 0.269. The summed E-state index contributed by atoms with van der Waals surface area (Å²) >= 11 is 0. The quantitative estimate of drug-likeness (QED) is 0.280. The number of nitrogens with zero attached hydrogens (tertiary/aromatic N) is 3. The van der Waals surface area contributed by atoms with E-state index in [1.807, 2.05) is 0 Å². The van der Waals surface area contributed by atoms with Gasteiger partial charge in [0.1, 0.15) is 0 Å². The van der Waals surface area contributed by atoms with Crippen LogP contribution in [0.25, 0.3) is 10.4 Å². The summed E-state index contributed by atoms with van der Waals surface area (Å²) in [6.07, 6.45) is 0.616. The predicted octanol–water partition coefficient (Wildman–Crippen LogP) is 3.43. The summed E-state index contributed by atoms with van der Waals surface area (Å²) in [5.74, 6) is -0.415. The van der Waals surface area contributed by atoms with Gasteiger partial charge in [0.25, 0.3) is 0 Å². The van der Waals surface area contributed by atoms with E-state index < -0.39 is 14.8 Å². The van der Waals surface area contributed by atoms with Crippen molar-refractivity contribution in [1.29, 1.82) is 0 Å². The summed E-state index contributed by atoms with van der Waals surface area (Å²) in [7, 11) is 1.49. The average Bonchev–Trinajstić information content (AvgIpc) is 2.30. The van der Waals surface area contributed by atoms with Gasteiger partial charge in [-0.25, -0.2) is 8.42 Å².